The highest BCUT2D eigenvalue weighted by Gasteiger charge is 2.25. The van der Waals surface area contributed by atoms with Gasteiger partial charge in [0.15, 0.2) is 0 Å². The molecule has 2 aromatic rings. The smallest absolute Gasteiger partial charge is 0.130 e. The second-order valence-electron chi connectivity index (χ2n) is 5.28. The molecular formula is C15H18BrN3O. The van der Waals surface area contributed by atoms with Crippen LogP contribution in [0.5, 0.6) is 5.75 Å². The van der Waals surface area contributed by atoms with E-state index < -0.39 is 0 Å². The van der Waals surface area contributed by atoms with Gasteiger partial charge in [0.25, 0.3) is 0 Å². The Bertz CT molecular complexity index is 605. The summed E-state index contributed by atoms with van der Waals surface area (Å²) < 4.78 is 9.18. The van der Waals surface area contributed by atoms with Crippen molar-refractivity contribution in [2.24, 2.45) is 5.73 Å². The van der Waals surface area contributed by atoms with Crippen molar-refractivity contribution in [1.29, 1.82) is 0 Å². The number of hydrogen-bond donors (Lipinski definition) is 1. The Hall–Kier alpha value is -1.33. The van der Waals surface area contributed by atoms with Crippen molar-refractivity contribution < 1.29 is 4.74 Å². The number of halogens is 1. The molecule has 5 heteroatoms. The van der Waals surface area contributed by atoms with E-state index in [1.54, 1.807) is 0 Å². The van der Waals surface area contributed by atoms with Gasteiger partial charge in [0.05, 0.1) is 18.2 Å². The lowest BCUT2D eigenvalue weighted by Gasteiger charge is -2.15. The van der Waals surface area contributed by atoms with Crippen LogP contribution in [-0.4, -0.2) is 9.55 Å². The van der Waals surface area contributed by atoms with Gasteiger partial charge in [-0.15, -0.1) is 0 Å². The molecule has 1 aliphatic carbocycles. The molecular weight excluding hydrogens is 318 g/mol. The third-order valence-electron chi connectivity index (χ3n) is 3.53. The fourth-order valence-corrected chi connectivity index (χ4v) is 2.63. The van der Waals surface area contributed by atoms with Gasteiger partial charge in [0.2, 0.25) is 0 Å². The topological polar surface area (TPSA) is 53.1 Å². The number of benzene rings is 1. The summed E-state index contributed by atoms with van der Waals surface area (Å²) in [6.45, 7) is 2.48. The molecule has 1 atom stereocenters. The Kier molecular flexibility index (Phi) is 3.81. The van der Waals surface area contributed by atoms with Crippen LogP contribution < -0.4 is 10.5 Å². The summed E-state index contributed by atoms with van der Waals surface area (Å²) in [4.78, 5) is 4.22. The van der Waals surface area contributed by atoms with E-state index in [9.17, 15) is 0 Å². The minimum Gasteiger partial charge on any atom is -0.487 e. The number of rotatable bonds is 5. The molecule has 1 saturated carbocycles. The first-order valence-electron chi connectivity index (χ1n) is 6.83. The number of aromatic nitrogens is 2. The number of hydrogen-bond acceptors (Lipinski definition) is 3. The average Bonchev–Trinajstić information content (AvgIpc) is 3.15. The highest BCUT2D eigenvalue weighted by molar-refractivity contribution is 9.10. The van der Waals surface area contributed by atoms with Gasteiger partial charge in [-0.1, -0.05) is 22.0 Å². The summed E-state index contributed by atoms with van der Waals surface area (Å²) in [7, 11) is 0. The fraction of sp³-hybridized carbons (Fsp3) is 0.400. The minimum atomic E-state index is -0.0496. The summed E-state index contributed by atoms with van der Waals surface area (Å²) in [5.41, 5.74) is 8.12. The molecule has 3 rings (SSSR count). The predicted octanol–water partition coefficient (Wildman–Crippen LogP) is 3.58. The van der Waals surface area contributed by atoms with Crippen LogP contribution in [0.15, 0.2) is 35.2 Å². The molecule has 20 heavy (non-hydrogen) atoms. The molecule has 2 N–H and O–H groups in total. The molecule has 0 aliphatic heterocycles. The zero-order valence-electron chi connectivity index (χ0n) is 11.4. The summed E-state index contributed by atoms with van der Waals surface area (Å²) in [5, 5.41) is 0. The number of ether oxygens (including phenoxy) is 1. The molecule has 1 heterocycles. The van der Waals surface area contributed by atoms with Crippen molar-refractivity contribution in [3.05, 3.63) is 46.5 Å². The SMILES string of the molecule is CC(N)c1ccc(Br)cc1OCc1cncn1C1CC1. The van der Waals surface area contributed by atoms with E-state index >= 15 is 0 Å². The Labute approximate surface area is 127 Å². The second-order valence-corrected chi connectivity index (χ2v) is 6.20. The minimum absolute atomic E-state index is 0.0496. The number of nitrogens with two attached hydrogens (primary N) is 1. The molecule has 0 bridgehead atoms. The molecule has 4 nitrogen and oxygen atoms in total. The van der Waals surface area contributed by atoms with E-state index in [4.69, 9.17) is 10.5 Å². The molecule has 0 saturated heterocycles. The highest BCUT2D eigenvalue weighted by Crippen LogP contribution is 2.36. The van der Waals surface area contributed by atoms with E-state index in [0.29, 0.717) is 12.6 Å². The lowest BCUT2D eigenvalue weighted by atomic mass is 10.1. The van der Waals surface area contributed by atoms with Crippen molar-refractivity contribution in [1.82, 2.24) is 9.55 Å². The van der Waals surface area contributed by atoms with Crippen LogP contribution in [0.3, 0.4) is 0 Å². The first-order chi connectivity index (χ1) is 9.65. The molecule has 1 aliphatic rings. The van der Waals surface area contributed by atoms with Crippen LogP contribution in [-0.2, 0) is 6.61 Å². The van der Waals surface area contributed by atoms with Crippen LogP contribution >= 0.6 is 15.9 Å². The maximum absolute atomic E-state index is 5.99. The Morgan fingerprint density at radius 1 is 1.50 bits per heavy atom. The maximum Gasteiger partial charge on any atom is 0.130 e. The van der Waals surface area contributed by atoms with Crippen molar-refractivity contribution in [2.75, 3.05) is 0 Å². The molecule has 106 valence electrons. The Balaban J connectivity index is 1.77. The lowest BCUT2D eigenvalue weighted by molar-refractivity contribution is 0.290. The summed E-state index contributed by atoms with van der Waals surface area (Å²) in [6, 6.07) is 6.52. The van der Waals surface area contributed by atoms with Crippen molar-refractivity contribution in [2.45, 2.75) is 38.5 Å². The molecule has 1 fully saturated rings. The lowest BCUT2D eigenvalue weighted by Crippen LogP contribution is -2.09. The monoisotopic (exact) mass is 335 g/mol. The van der Waals surface area contributed by atoms with Crippen LogP contribution in [0.25, 0.3) is 0 Å². The molecule has 1 aromatic heterocycles. The van der Waals surface area contributed by atoms with E-state index in [0.717, 1.165) is 21.5 Å². The third kappa shape index (κ3) is 2.88. The van der Waals surface area contributed by atoms with Gasteiger partial charge < -0.3 is 15.0 Å². The highest BCUT2D eigenvalue weighted by atomic mass is 79.9. The van der Waals surface area contributed by atoms with Crippen molar-refractivity contribution in [3.63, 3.8) is 0 Å². The standard InChI is InChI=1S/C15H18BrN3O/c1-10(17)14-5-2-11(16)6-15(14)20-8-13-7-18-9-19(13)12-3-4-12/h2,5-7,9-10,12H,3-4,8,17H2,1H3. The van der Waals surface area contributed by atoms with E-state index in [1.165, 1.54) is 12.8 Å². The first-order valence-corrected chi connectivity index (χ1v) is 7.63. The van der Waals surface area contributed by atoms with Crippen LogP contribution in [0.1, 0.15) is 43.1 Å². The normalized spacial score (nSPS) is 16.1. The van der Waals surface area contributed by atoms with Crippen LogP contribution in [0.4, 0.5) is 0 Å². The maximum atomic E-state index is 5.99. The van der Waals surface area contributed by atoms with Crippen LogP contribution in [0.2, 0.25) is 0 Å². The molecule has 0 amide bonds. The zero-order valence-corrected chi connectivity index (χ0v) is 13.0. The van der Waals surface area contributed by atoms with Gasteiger partial charge >= 0.3 is 0 Å². The van der Waals surface area contributed by atoms with Gasteiger partial charge in [0, 0.05) is 22.1 Å². The molecule has 1 aromatic carbocycles. The largest absolute Gasteiger partial charge is 0.487 e. The van der Waals surface area contributed by atoms with Gasteiger partial charge in [0.1, 0.15) is 12.4 Å². The molecule has 0 radical (unpaired) electrons. The Morgan fingerprint density at radius 2 is 2.30 bits per heavy atom. The predicted molar refractivity (Wildman–Crippen MR) is 81.6 cm³/mol. The second kappa shape index (κ2) is 5.58. The van der Waals surface area contributed by atoms with E-state index in [-0.39, 0.29) is 6.04 Å². The van der Waals surface area contributed by atoms with Crippen LogP contribution in [0, 0.1) is 0 Å². The summed E-state index contributed by atoms with van der Waals surface area (Å²) >= 11 is 3.47. The van der Waals surface area contributed by atoms with E-state index in [1.807, 2.05) is 37.6 Å². The van der Waals surface area contributed by atoms with E-state index in [2.05, 4.69) is 25.5 Å². The summed E-state index contributed by atoms with van der Waals surface area (Å²) in [6.07, 6.45) is 6.25. The van der Waals surface area contributed by atoms with Gasteiger partial charge in [-0.2, -0.15) is 0 Å². The third-order valence-corrected chi connectivity index (χ3v) is 4.02. The number of nitrogens with zero attached hydrogens (tertiary/aromatic N) is 2. The molecule has 1 unspecified atom stereocenters. The van der Waals surface area contributed by atoms with Crippen molar-refractivity contribution in [3.8, 4) is 5.75 Å². The molecule has 0 spiro atoms. The quantitative estimate of drug-likeness (QED) is 0.908. The van der Waals surface area contributed by atoms with Gasteiger partial charge in [-0.3, -0.25) is 0 Å². The average molecular weight is 336 g/mol. The van der Waals surface area contributed by atoms with Gasteiger partial charge in [-0.05, 0) is 31.9 Å². The number of imidazole rings is 1. The first kappa shape index (κ1) is 13.6. The summed E-state index contributed by atoms with van der Waals surface area (Å²) in [5.74, 6) is 0.831. The Morgan fingerprint density at radius 3 is 3.00 bits per heavy atom. The van der Waals surface area contributed by atoms with Gasteiger partial charge in [-0.25, -0.2) is 4.98 Å². The fourth-order valence-electron chi connectivity index (χ4n) is 2.29. The van der Waals surface area contributed by atoms with Crippen molar-refractivity contribution >= 4 is 15.9 Å². The zero-order chi connectivity index (χ0) is 14.1.